The van der Waals surface area contributed by atoms with Crippen LogP contribution in [0, 0.1) is 11.3 Å². The Bertz CT molecular complexity index is 356. The highest BCUT2D eigenvalue weighted by Gasteiger charge is 2.20. The Morgan fingerprint density at radius 3 is 2.50 bits per heavy atom. The summed E-state index contributed by atoms with van der Waals surface area (Å²) in [6, 6.07) is 9.77. The van der Waals surface area contributed by atoms with E-state index in [0.717, 1.165) is 4.90 Å². The molecule has 72 valence electrons. The van der Waals surface area contributed by atoms with Gasteiger partial charge in [-0.15, -0.1) is 0 Å². The lowest BCUT2D eigenvalue weighted by molar-refractivity contribution is 0.201. The summed E-state index contributed by atoms with van der Waals surface area (Å²) in [6.45, 7) is 1.54. The Morgan fingerprint density at radius 2 is 2.07 bits per heavy atom. The Balaban J connectivity index is 3.02. The second-order valence-electron chi connectivity index (χ2n) is 2.79. The molecule has 0 aliphatic rings. The molecule has 1 N–H and O–H groups in total. The van der Waals surface area contributed by atoms with Gasteiger partial charge >= 0.3 is 6.09 Å². The number of carbonyl (C=O) groups is 1. The summed E-state index contributed by atoms with van der Waals surface area (Å²) in [5.41, 5.74) is 0.508. The molecule has 1 rings (SSSR count). The molecule has 1 unspecified atom stereocenters. The number of para-hydroxylation sites is 1. The minimum absolute atomic E-state index is 0.508. The highest BCUT2D eigenvalue weighted by molar-refractivity contribution is 5.87. The van der Waals surface area contributed by atoms with Crippen LogP contribution in [-0.2, 0) is 0 Å². The molecule has 1 atom stereocenters. The number of anilines is 1. The van der Waals surface area contributed by atoms with Crippen LogP contribution < -0.4 is 4.90 Å². The Kier molecular flexibility index (Phi) is 3.08. The molecule has 0 heterocycles. The van der Waals surface area contributed by atoms with Gasteiger partial charge in [0.1, 0.15) is 6.04 Å². The third-order valence-electron chi connectivity index (χ3n) is 1.81. The van der Waals surface area contributed by atoms with E-state index in [-0.39, 0.29) is 0 Å². The van der Waals surface area contributed by atoms with E-state index < -0.39 is 12.1 Å². The monoisotopic (exact) mass is 190 g/mol. The summed E-state index contributed by atoms with van der Waals surface area (Å²) in [4.78, 5) is 11.9. The molecule has 1 aromatic rings. The van der Waals surface area contributed by atoms with Crippen molar-refractivity contribution in [3.05, 3.63) is 30.3 Å². The fraction of sp³-hybridized carbons (Fsp3) is 0.200. The van der Waals surface area contributed by atoms with Crippen LogP contribution in [0.4, 0.5) is 10.5 Å². The molecule has 0 fully saturated rings. The van der Waals surface area contributed by atoms with Gasteiger partial charge < -0.3 is 5.11 Å². The first kappa shape index (κ1) is 10.1. The van der Waals surface area contributed by atoms with E-state index in [2.05, 4.69) is 0 Å². The summed E-state index contributed by atoms with van der Waals surface area (Å²) in [6.07, 6.45) is -1.12. The van der Waals surface area contributed by atoms with E-state index in [9.17, 15) is 4.79 Å². The van der Waals surface area contributed by atoms with Gasteiger partial charge in [-0.2, -0.15) is 5.26 Å². The minimum Gasteiger partial charge on any atom is -0.465 e. The Labute approximate surface area is 82.0 Å². The van der Waals surface area contributed by atoms with E-state index in [1.165, 1.54) is 0 Å². The third kappa shape index (κ3) is 2.02. The van der Waals surface area contributed by atoms with Gasteiger partial charge in [-0.3, -0.25) is 4.90 Å². The zero-order valence-corrected chi connectivity index (χ0v) is 7.71. The minimum atomic E-state index is -1.12. The molecule has 1 aromatic carbocycles. The van der Waals surface area contributed by atoms with E-state index in [1.54, 1.807) is 37.3 Å². The average Bonchev–Trinajstić information content (AvgIpc) is 2.19. The first-order chi connectivity index (χ1) is 6.66. The SMILES string of the molecule is CC(C#N)N(C(=O)O)c1ccccc1. The van der Waals surface area contributed by atoms with E-state index >= 15 is 0 Å². The van der Waals surface area contributed by atoms with E-state index in [4.69, 9.17) is 10.4 Å². The second-order valence-corrected chi connectivity index (χ2v) is 2.79. The van der Waals surface area contributed by atoms with Crippen molar-refractivity contribution >= 4 is 11.8 Å². The zero-order valence-electron chi connectivity index (χ0n) is 7.71. The van der Waals surface area contributed by atoms with Gasteiger partial charge in [-0.25, -0.2) is 4.79 Å². The van der Waals surface area contributed by atoms with Crippen molar-refractivity contribution in [3.8, 4) is 6.07 Å². The van der Waals surface area contributed by atoms with Gasteiger partial charge in [0, 0.05) is 5.69 Å². The summed E-state index contributed by atoms with van der Waals surface area (Å²) in [5, 5.41) is 17.6. The fourth-order valence-electron chi connectivity index (χ4n) is 1.15. The Morgan fingerprint density at radius 1 is 1.50 bits per heavy atom. The van der Waals surface area contributed by atoms with Gasteiger partial charge in [0.15, 0.2) is 0 Å². The van der Waals surface area contributed by atoms with Crippen LogP contribution >= 0.6 is 0 Å². The quantitative estimate of drug-likeness (QED) is 0.776. The van der Waals surface area contributed by atoms with E-state index in [1.807, 2.05) is 6.07 Å². The highest BCUT2D eigenvalue weighted by atomic mass is 16.4. The van der Waals surface area contributed by atoms with Crippen molar-refractivity contribution in [2.75, 3.05) is 4.90 Å². The van der Waals surface area contributed by atoms with Crippen molar-refractivity contribution in [2.45, 2.75) is 13.0 Å². The summed E-state index contributed by atoms with van der Waals surface area (Å²) in [7, 11) is 0. The normalized spacial score (nSPS) is 11.4. The van der Waals surface area contributed by atoms with Gasteiger partial charge in [0.2, 0.25) is 0 Å². The molecule has 0 radical (unpaired) electrons. The predicted molar refractivity (Wildman–Crippen MR) is 52.0 cm³/mol. The van der Waals surface area contributed by atoms with Crippen molar-refractivity contribution in [3.63, 3.8) is 0 Å². The summed E-state index contributed by atoms with van der Waals surface area (Å²) in [5.74, 6) is 0. The molecule has 0 spiro atoms. The molecule has 4 nitrogen and oxygen atoms in total. The molecule has 14 heavy (non-hydrogen) atoms. The van der Waals surface area contributed by atoms with Crippen LogP contribution in [0.15, 0.2) is 30.3 Å². The maximum Gasteiger partial charge on any atom is 0.412 e. The molecular formula is C10H10N2O2. The van der Waals surface area contributed by atoms with Crippen LogP contribution in [0.5, 0.6) is 0 Å². The van der Waals surface area contributed by atoms with Crippen LogP contribution in [0.2, 0.25) is 0 Å². The highest BCUT2D eigenvalue weighted by Crippen LogP contribution is 2.15. The number of nitriles is 1. The van der Waals surface area contributed by atoms with Gasteiger partial charge in [0.05, 0.1) is 6.07 Å². The average molecular weight is 190 g/mol. The molecule has 0 aliphatic heterocycles. The number of hydrogen-bond acceptors (Lipinski definition) is 2. The lowest BCUT2D eigenvalue weighted by atomic mass is 10.2. The summed E-state index contributed by atoms with van der Waals surface area (Å²) >= 11 is 0. The van der Waals surface area contributed by atoms with Crippen molar-refractivity contribution < 1.29 is 9.90 Å². The second kappa shape index (κ2) is 4.28. The van der Waals surface area contributed by atoms with Gasteiger partial charge in [0.25, 0.3) is 0 Å². The predicted octanol–water partition coefficient (Wildman–Crippen LogP) is 2.08. The number of benzene rings is 1. The molecule has 0 saturated carbocycles. The lowest BCUT2D eigenvalue weighted by Gasteiger charge is -2.21. The fourth-order valence-corrected chi connectivity index (χ4v) is 1.15. The maximum absolute atomic E-state index is 10.9. The number of nitrogens with zero attached hydrogens (tertiary/aromatic N) is 2. The Hall–Kier alpha value is -2.02. The molecule has 0 aliphatic carbocycles. The molecule has 4 heteroatoms. The van der Waals surface area contributed by atoms with Crippen molar-refractivity contribution in [2.24, 2.45) is 0 Å². The number of hydrogen-bond donors (Lipinski definition) is 1. The third-order valence-corrected chi connectivity index (χ3v) is 1.81. The van der Waals surface area contributed by atoms with Gasteiger partial charge in [-0.1, -0.05) is 18.2 Å². The standard InChI is InChI=1S/C10H10N2O2/c1-8(7-11)12(10(13)14)9-5-3-2-4-6-9/h2-6,8H,1H3,(H,13,14). The maximum atomic E-state index is 10.9. The molecular weight excluding hydrogens is 180 g/mol. The number of rotatable bonds is 2. The molecule has 0 bridgehead atoms. The van der Waals surface area contributed by atoms with E-state index in [0.29, 0.717) is 5.69 Å². The van der Waals surface area contributed by atoms with Crippen LogP contribution in [0.1, 0.15) is 6.92 Å². The topological polar surface area (TPSA) is 64.3 Å². The smallest absolute Gasteiger partial charge is 0.412 e. The van der Waals surface area contributed by atoms with Crippen molar-refractivity contribution in [1.82, 2.24) is 0 Å². The van der Waals surface area contributed by atoms with Crippen LogP contribution in [0.25, 0.3) is 0 Å². The zero-order chi connectivity index (χ0) is 10.6. The molecule has 0 aromatic heterocycles. The first-order valence-corrected chi connectivity index (χ1v) is 4.13. The molecule has 1 amide bonds. The first-order valence-electron chi connectivity index (χ1n) is 4.13. The van der Waals surface area contributed by atoms with Crippen LogP contribution in [-0.4, -0.2) is 17.2 Å². The summed E-state index contributed by atoms with van der Waals surface area (Å²) < 4.78 is 0. The van der Waals surface area contributed by atoms with Crippen molar-refractivity contribution in [1.29, 1.82) is 5.26 Å². The number of carboxylic acid groups (broad SMARTS) is 1. The molecule has 0 saturated heterocycles. The van der Waals surface area contributed by atoms with Crippen LogP contribution in [0.3, 0.4) is 0 Å². The lowest BCUT2D eigenvalue weighted by Crippen LogP contribution is -2.36. The number of amides is 1. The largest absolute Gasteiger partial charge is 0.465 e. The van der Waals surface area contributed by atoms with Gasteiger partial charge in [-0.05, 0) is 19.1 Å².